The van der Waals surface area contributed by atoms with Gasteiger partial charge in [0.25, 0.3) is 0 Å². The van der Waals surface area contributed by atoms with E-state index in [1.54, 1.807) is 18.6 Å². The first-order chi connectivity index (χ1) is 9.23. The molecule has 0 saturated heterocycles. The largest absolute Gasteiger partial charge is 0.494 e. The van der Waals surface area contributed by atoms with E-state index in [0.29, 0.717) is 5.69 Å². The van der Waals surface area contributed by atoms with Gasteiger partial charge in [0.1, 0.15) is 5.75 Å². The van der Waals surface area contributed by atoms with E-state index >= 15 is 0 Å². The molecule has 0 saturated carbocycles. The predicted molar refractivity (Wildman–Crippen MR) is 74.7 cm³/mol. The van der Waals surface area contributed by atoms with Crippen molar-refractivity contribution >= 4 is 27.7 Å². The Bertz CT molecular complexity index is 586. The first-order valence-corrected chi connectivity index (χ1v) is 7.16. The lowest BCUT2D eigenvalue weighted by Crippen LogP contribution is -2.36. The van der Waals surface area contributed by atoms with Gasteiger partial charge in [-0.05, 0) is 26.0 Å². The van der Waals surface area contributed by atoms with E-state index in [4.69, 9.17) is 10.5 Å². The van der Waals surface area contributed by atoms with Crippen molar-refractivity contribution in [3.05, 3.63) is 18.2 Å². The lowest BCUT2D eigenvalue weighted by atomic mass is 10.2. The molecule has 0 heterocycles. The minimum atomic E-state index is -4.12. The molecule has 1 amide bonds. The molecule has 0 aliphatic heterocycles. The maximum Gasteiger partial charge on any atom is 0.422 e. The number of nitrogens with two attached hydrogens (primary N) is 1. The Morgan fingerprint density at radius 3 is 2.55 bits per heavy atom. The third-order valence-electron chi connectivity index (χ3n) is 2.03. The van der Waals surface area contributed by atoms with E-state index in [1.807, 2.05) is 0 Å². The number of carbonyl (C=O) groups is 1. The molecule has 0 aliphatic carbocycles. The Balaban J connectivity index is 2.83. The topological polar surface area (TPSA) is 120 Å². The highest BCUT2D eigenvalue weighted by Gasteiger charge is 2.18. The number of methoxy groups -OCH3 is 1. The average Bonchev–Trinajstić information content (AvgIpc) is 2.29. The van der Waals surface area contributed by atoms with Crippen LogP contribution in [0.25, 0.3) is 0 Å². The minimum absolute atomic E-state index is 0.145. The molecule has 0 bridgehead atoms. The van der Waals surface area contributed by atoms with E-state index in [2.05, 4.69) is 9.46 Å². The van der Waals surface area contributed by atoms with E-state index in [1.165, 1.54) is 25.3 Å². The summed E-state index contributed by atoms with van der Waals surface area (Å²) in [5.41, 5.74) is 6.11. The normalized spacial score (nSPS) is 11.0. The Hall–Kier alpha value is -2.16. The summed E-state index contributed by atoms with van der Waals surface area (Å²) >= 11 is 0. The van der Waals surface area contributed by atoms with Crippen LogP contribution in [0.5, 0.6) is 5.75 Å². The van der Waals surface area contributed by atoms with E-state index in [0.717, 1.165) is 0 Å². The molecule has 0 aromatic heterocycles. The summed E-state index contributed by atoms with van der Waals surface area (Å²) in [5.74, 6) is 0.229. The fourth-order valence-electron chi connectivity index (χ4n) is 1.31. The van der Waals surface area contributed by atoms with E-state index in [9.17, 15) is 13.2 Å². The summed E-state index contributed by atoms with van der Waals surface area (Å²) in [7, 11) is -2.75. The molecule has 0 unspecified atom stereocenters. The van der Waals surface area contributed by atoms with Crippen LogP contribution in [0, 0.1) is 0 Å². The van der Waals surface area contributed by atoms with Crippen LogP contribution >= 0.6 is 0 Å². The molecule has 112 valence electrons. The van der Waals surface area contributed by atoms with Gasteiger partial charge in [0.05, 0.1) is 18.9 Å². The number of rotatable bonds is 5. The van der Waals surface area contributed by atoms with Gasteiger partial charge in [0.15, 0.2) is 0 Å². The molecule has 1 aromatic rings. The van der Waals surface area contributed by atoms with Crippen LogP contribution in [0.3, 0.4) is 0 Å². The Kier molecular flexibility index (Phi) is 5.03. The van der Waals surface area contributed by atoms with Gasteiger partial charge >= 0.3 is 16.3 Å². The molecular weight excluding hydrogens is 286 g/mol. The third-order valence-corrected chi connectivity index (χ3v) is 2.95. The number of amides is 1. The molecular formula is C11H17N3O5S. The number of hydrogen-bond acceptors (Lipinski definition) is 6. The van der Waals surface area contributed by atoms with Crippen molar-refractivity contribution in [1.82, 2.24) is 4.72 Å². The zero-order valence-corrected chi connectivity index (χ0v) is 12.2. The fourth-order valence-corrected chi connectivity index (χ4v) is 2.09. The van der Waals surface area contributed by atoms with Crippen molar-refractivity contribution in [2.45, 2.75) is 20.0 Å². The summed E-state index contributed by atoms with van der Waals surface area (Å²) in [6.45, 7) is 3.20. The van der Waals surface area contributed by atoms with Gasteiger partial charge in [-0.15, -0.1) is 0 Å². The number of nitrogens with one attached hydrogen (secondary N) is 2. The zero-order valence-electron chi connectivity index (χ0n) is 11.3. The Morgan fingerprint density at radius 2 is 2.00 bits per heavy atom. The average molecular weight is 303 g/mol. The number of anilines is 2. The maximum absolute atomic E-state index is 11.7. The highest BCUT2D eigenvalue weighted by molar-refractivity contribution is 7.91. The summed E-state index contributed by atoms with van der Waals surface area (Å²) < 4.78 is 37.0. The number of carbonyl (C=O) groups excluding carboxylic acids is 1. The van der Waals surface area contributed by atoms with Gasteiger partial charge in [0, 0.05) is 11.8 Å². The van der Waals surface area contributed by atoms with Gasteiger partial charge in [-0.2, -0.15) is 8.42 Å². The van der Waals surface area contributed by atoms with Crippen molar-refractivity contribution in [2.24, 2.45) is 0 Å². The standard InChI is InChI=1S/C11H17N3O5S/c1-7(2)19-11(15)14-20(16,17)13-9-5-4-8(12)6-10(9)18-3/h4-7,13H,12H2,1-3H3,(H,14,15). The Labute approximate surface area is 117 Å². The quantitative estimate of drug-likeness (QED) is 0.700. The molecule has 0 atom stereocenters. The second-order valence-electron chi connectivity index (χ2n) is 4.12. The van der Waals surface area contributed by atoms with Crippen molar-refractivity contribution in [3.8, 4) is 5.75 Å². The molecule has 0 radical (unpaired) electrons. The molecule has 1 aromatic carbocycles. The minimum Gasteiger partial charge on any atom is -0.494 e. The summed E-state index contributed by atoms with van der Waals surface area (Å²) in [6, 6.07) is 4.36. The number of nitrogen functional groups attached to an aromatic ring is 1. The molecule has 8 nitrogen and oxygen atoms in total. The number of benzene rings is 1. The molecule has 0 spiro atoms. The van der Waals surface area contributed by atoms with E-state index < -0.39 is 22.4 Å². The van der Waals surface area contributed by atoms with Crippen molar-refractivity contribution < 1.29 is 22.7 Å². The molecule has 9 heteroatoms. The lowest BCUT2D eigenvalue weighted by molar-refractivity contribution is 0.121. The van der Waals surface area contributed by atoms with Crippen LogP contribution in [0.1, 0.15) is 13.8 Å². The van der Waals surface area contributed by atoms with E-state index in [-0.39, 0.29) is 11.4 Å². The van der Waals surface area contributed by atoms with Crippen LogP contribution in [-0.4, -0.2) is 27.7 Å². The Morgan fingerprint density at radius 1 is 1.35 bits per heavy atom. The maximum atomic E-state index is 11.7. The van der Waals surface area contributed by atoms with Gasteiger partial charge < -0.3 is 15.2 Å². The summed E-state index contributed by atoms with van der Waals surface area (Å²) in [6.07, 6.45) is -1.50. The van der Waals surface area contributed by atoms with Gasteiger partial charge in [-0.1, -0.05) is 0 Å². The molecule has 1 rings (SSSR count). The summed E-state index contributed by atoms with van der Waals surface area (Å²) in [5, 5.41) is 0. The number of hydrogen-bond donors (Lipinski definition) is 3. The number of ether oxygens (including phenoxy) is 2. The molecule has 20 heavy (non-hydrogen) atoms. The third kappa shape index (κ3) is 4.84. The highest BCUT2D eigenvalue weighted by Crippen LogP contribution is 2.27. The van der Waals surface area contributed by atoms with Crippen molar-refractivity contribution in [2.75, 3.05) is 17.6 Å². The van der Waals surface area contributed by atoms with Crippen LogP contribution in [0.2, 0.25) is 0 Å². The lowest BCUT2D eigenvalue weighted by Gasteiger charge is -2.13. The smallest absolute Gasteiger partial charge is 0.422 e. The predicted octanol–water partition coefficient (Wildman–Crippen LogP) is 1.07. The summed E-state index contributed by atoms with van der Waals surface area (Å²) in [4.78, 5) is 11.3. The van der Waals surface area contributed by atoms with Crippen molar-refractivity contribution in [3.63, 3.8) is 0 Å². The van der Waals surface area contributed by atoms with Crippen LogP contribution in [0.15, 0.2) is 18.2 Å². The SMILES string of the molecule is COc1cc(N)ccc1NS(=O)(=O)NC(=O)OC(C)C. The van der Waals surface area contributed by atoms with Crippen LogP contribution in [-0.2, 0) is 14.9 Å². The first kappa shape index (κ1) is 15.9. The van der Waals surface area contributed by atoms with Crippen LogP contribution < -0.4 is 19.9 Å². The molecule has 0 fully saturated rings. The van der Waals surface area contributed by atoms with Gasteiger partial charge in [0.2, 0.25) is 0 Å². The monoisotopic (exact) mass is 303 g/mol. The second-order valence-corrected chi connectivity index (χ2v) is 5.54. The van der Waals surface area contributed by atoms with Crippen molar-refractivity contribution in [1.29, 1.82) is 0 Å². The highest BCUT2D eigenvalue weighted by atomic mass is 32.2. The van der Waals surface area contributed by atoms with Crippen LogP contribution in [0.4, 0.5) is 16.2 Å². The molecule has 0 aliphatic rings. The second kappa shape index (κ2) is 6.33. The molecule has 4 N–H and O–H groups in total. The van der Waals surface area contributed by atoms with Gasteiger partial charge in [-0.25, -0.2) is 9.52 Å². The van der Waals surface area contributed by atoms with Gasteiger partial charge in [-0.3, -0.25) is 4.72 Å². The fraction of sp³-hybridized carbons (Fsp3) is 0.364. The first-order valence-electron chi connectivity index (χ1n) is 5.68. The zero-order chi connectivity index (χ0) is 15.3.